The van der Waals surface area contributed by atoms with Crippen LogP contribution < -0.4 is 9.64 Å². The third kappa shape index (κ3) is 4.68. The SMILES string of the molecule is COc1ccccc1C1CCN(C(=O)C2CN(CCN(C)C)c3cc(Cl)ccc32)CC1. The van der Waals surface area contributed by atoms with Crippen molar-refractivity contribution < 1.29 is 9.53 Å². The number of anilines is 1. The highest BCUT2D eigenvalue weighted by Crippen LogP contribution is 2.40. The highest BCUT2D eigenvalue weighted by atomic mass is 35.5. The summed E-state index contributed by atoms with van der Waals surface area (Å²) in [5.41, 5.74) is 3.48. The molecular formula is C25H32ClN3O2. The van der Waals surface area contributed by atoms with Gasteiger partial charge in [0.15, 0.2) is 0 Å². The number of fused-ring (bicyclic) bond motifs is 1. The zero-order chi connectivity index (χ0) is 22.0. The fourth-order valence-corrected chi connectivity index (χ4v) is 5.05. The second kappa shape index (κ2) is 9.49. The van der Waals surface area contributed by atoms with E-state index in [1.54, 1.807) is 7.11 Å². The molecule has 0 bridgehead atoms. The lowest BCUT2D eigenvalue weighted by Crippen LogP contribution is -2.42. The lowest BCUT2D eigenvalue weighted by Gasteiger charge is -2.34. The number of rotatable bonds is 6. The van der Waals surface area contributed by atoms with Crippen LogP contribution in [-0.4, -0.2) is 69.6 Å². The zero-order valence-electron chi connectivity index (χ0n) is 18.7. The third-order valence-corrected chi connectivity index (χ3v) is 6.85. The van der Waals surface area contributed by atoms with Crippen LogP contribution in [0, 0.1) is 0 Å². The molecule has 0 aliphatic carbocycles. The number of amides is 1. The minimum Gasteiger partial charge on any atom is -0.496 e. The predicted molar refractivity (Wildman–Crippen MR) is 127 cm³/mol. The van der Waals surface area contributed by atoms with Crippen molar-refractivity contribution in [2.45, 2.75) is 24.7 Å². The molecule has 5 nitrogen and oxygen atoms in total. The van der Waals surface area contributed by atoms with Crippen molar-refractivity contribution in [3.8, 4) is 5.75 Å². The van der Waals surface area contributed by atoms with Crippen LogP contribution >= 0.6 is 11.6 Å². The number of hydrogen-bond donors (Lipinski definition) is 0. The molecule has 0 aromatic heterocycles. The Kier molecular flexibility index (Phi) is 6.73. The Morgan fingerprint density at radius 2 is 1.87 bits per heavy atom. The molecule has 31 heavy (non-hydrogen) atoms. The smallest absolute Gasteiger partial charge is 0.231 e. The van der Waals surface area contributed by atoms with Crippen molar-refractivity contribution in [2.24, 2.45) is 0 Å². The Morgan fingerprint density at radius 3 is 2.58 bits per heavy atom. The molecule has 4 rings (SSSR count). The molecule has 1 fully saturated rings. The summed E-state index contributed by atoms with van der Waals surface area (Å²) < 4.78 is 5.55. The van der Waals surface area contributed by atoms with E-state index in [4.69, 9.17) is 16.3 Å². The number of para-hydroxylation sites is 1. The summed E-state index contributed by atoms with van der Waals surface area (Å²) in [4.78, 5) is 20.1. The summed E-state index contributed by atoms with van der Waals surface area (Å²) in [5.74, 6) is 1.52. The van der Waals surface area contributed by atoms with E-state index in [0.29, 0.717) is 5.92 Å². The number of benzene rings is 2. The van der Waals surface area contributed by atoms with E-state index in [0.717, 1.165) is 67.6 Å². The van der Waals surface area contributed by atoms with Crippen LogP contribution in [0.2, 0.25) is 5.02 Å². The Morgan fingerprint density at radius 1 is 1.13 bits per heavy atom. The van der Waals surface area contributed by atoms with Gasteiger partial charge >= 0.3 is 0 Å². The first-order valence-corrected chi connectivity index (χ1v) is 11.5. The summed E-state index contributed by atoms with van der Waals surface area (Å²) >= 11 is 6.28. The van der Waals surface area contributed by atoms with Gasteiger partial charge in [-0.2, -0.15) is 0 Å². The molecule has 1 amide bonds. The van der Waals surface area contributed by atoms with Gasteiger partial charge in [-0.15, -0.1) is 0 Å². The lowest BCUT2D eigenvalue weighted by atomic mass is 9.88. The van der Waals surface area contributed by atoms with Crippen LogP contribution in [-0.2, 0) is 4.79 Å². The van der Waals surface area contributed by atoms with E-state index in [9.17, 15) is 4.79 Å². The number of piperidine rings is 1. The van der Waals surface area contributed by atoms with Crippen LogP contribution in [0.3, 0.4) is 0 Å². The van der Waals surface area contributed by atoms with E-state index in [1.165, 1.54) is 5.56 Å². The summed E-state index contributed by atoms with van der Waals surface area (Å²) in [6.45, 7) is 4.14. The number of methoxy groups -OCH3 is 1. The second-order valence-electron chi connectivity index (χ2n) is 8.85. The van der Waals surface area contributed by atoms with Crippen LogP contribution in [0.1, 0.15) is 35.8 Å². The van der Waals surface area contributed by atoms with Gasteiger partial charge in [0.1, 0.15) is 5.75 Å². The van der Waals surface area contributed by atoms with Crippen LogP contribution in [0.25, 0.3) is 0 Å². The molecule has 0 saturated carbocycles. The number of carbonyl (C=O) groups excluding carboxylic acids is 1. The van der Waals surface area contributed by atoms with E-state index in [1.807, 2.05) is 30.3 Å². The molecule has 2 heterocycles. The van der Waals surface area contributed by atoms with E-state index in [-0.39, 0.29) is 11.8 Å². The van der Waals surface area contributed by atoms with Gasteiger partial charge in [0, 0.05) is 43.4 Å². The van der Waals surface area contributed by atoms with E-state index < -0.39 is 0 Å². The van der Waals surface area contributed by atoms with Crippen molar-refractivity contribution in [1.29, 1.82) is 0 Å². The summed E-state index contributed by atoms with van der Waals surface area (Å²) in [6, 6.07) is 14.2. The molecule has 2 aromatic carbocycles. The number of likely N-dealkylation sites (tertiary alicyclic amines) is 1. The van der Waals surface area contributed by atoms with Gasteiger partial charge in [-0.3, -0.25) is 4.79 Å². The Hall–Kier alpha value is -2.24. The third-order valence-electron chi connectivity index (χ3n) is 6.61. The highest BCUT2D eigenvalue weighted by Gasteiger charge is 2.37. The van der Waals surface area contributed by atoms with Gasteiger partial charge in [-0.1, -0.05) is 35.9 Å². The Bertz CT molecular complexity index is 925. The molecule has 1 unspecified atom stereocenters. The molecule has 0 radical (unpaired) electrons. The molecule has 1 atom stereocenters. The molecule has 2 aliphatic heterocycles. The average Bonchev–Trinajstić information content (AvgIpc) is 3.15. The number of hydrogen-bond acceptors (Lipinski definition) is 4. The molecule has 2 aliphatic rings. The van der Waals surface area contributed by atoms with Crippen molar-refractivity contribution in [2.75, 3.05) is 58.8 Å². The van der Waals surface area contributed by atoms with Crippen LogP contribution in [0.4, 0.5) is 5.69 Å². The van der Waals surface area contributed by atoms with Gasteiger partial charge < -0.3 is 19.4 Å². The average molecular weight is 442 g/mol. The topological polar surface area (TPSA) is 36.0 Å². The van der Waals surface area contributed by atoms with Crippen molar-refractivity contribution in [3.05, 3.63) is 58.6 Å². The maximum Gasteiger partial charge on any atom is 0.231 e. The minimum absolute atomic E-state index is 0.114. The molecule has 0 N–H and O–H groups in total. The molecular weight excluding hydrogens is 410 g/mol. The normalized spacial score (nSPS) is 19.1. The van der Waals surface area contributed by atoms with Crippen LogP contribution in [0.15, 0.2) is 42.5 Å². The lowest BCUT2D eigenvalue weighted by molar-refractivity contribution is -0.133. The first-order valence-electron chi connectivity index (χ1n) is 11.1. The predicted octanol–water partition coefficient (Wildman–Crippen LogP) is 4.22. The van der Waals surface area contributed by atoms with Crippen molar-refractivity contribution >= 4 is 23.2 Å². The fraction of sp³-hybridized carbons (Fsp3) is 0.480. The number of nitrogens with zero attached hydrogens (tertiary/aromatic N) is 3. The molecule has 0 spiro atoms. The summed E-state index contributed by atoms with van der Waals surface area (Å²) in [6.07, 6.45) is 1.94. The molecule has 6 heteroatoms. The molecule has 2 aromatic rings. The quantitative estimate of drug-likeness (QED) is 0.672. The fourth-order valence-electron chi connectivity index (χ4n) is 4.88. The number of halogens is 1. The van der Waals surface area contributed by atoms with Gasteiger partial charge in [0.05, 0.1) is 13.0 Å². The first-order chi connectivity index (χ1) is 15.0. The van der Waals surface area contributed by atoms with Gasteiger partial charge in [-0.05, 0) is 62.2 Å². The standard InChI is InChI=1S/C25H32ClN3O2/c1-27(2)14-15-29-17-22(21-9-8-19(26)16-23(21)29)25(30)28-12-10-18(11-13-28)20-6-4-5-7-24(20)31-3/h4-9,16,18,22H,10-15,17H2,1-3H3. The second-order valence-corrected chi connectivity index (χ2v) is 9.28. The number of likely N-dealkylation sites (N-methyl/N-ethyl adjacent to an activating group) is 1. The first kappa shape index (κ1) is 22.0. The Balaban J connectivity index is 1.45. The summed E-state index contributed by atoms with van der Waals surface area (Å²) in [7, 11) is 5.87. The largest absolute Gasteiger partial charge is 0.496 e. The van der Waals surface area contributed by atoms with Gasteiger partial charge in [0.2, 0.25) is 5.91 Å². The van der Waals surface area contributed by atoms with Gasteiger partial charge in [-0.25, -0.2) is 0 Å². The molecule has 1 saturated heterocycles. The van der Waals surface area contributed by atoms with E-state index >= 15 is 0 Å². The van der Waals surface area contributed by atoms with Crippen molar-refractivity contribution in [1.82, 2.24) is 9.80 Å². The van der Waals surface area contributed by atoms with Crippen LogP contribution in [0.5, 0.6) is 5.75 Å². The minimum atomic E-state index is -0.114. The summed E-state index contributed by atoms with van der Waals surface area (Å²) in [5, 5.41) is 0.722. The van der Waals surface area contributed by atoms with Gasteiger partial charge in [0.25, 0.3) is 0 Å². The zero-order valence-corrected chi connectivity index (χ0v) is 19.4. The number of carbonyl (C=O) groups is 1. The number of ether oxygens (including phenoxy) is 1. The maximum atomic E-state index is 13.5. The Labute approximate surface area is 190 Å². The maximum absolute atomic E-state index is 13.5. The molecule has 166 valence electrons. The van der Waals surface area contributed by atoms with E-state index in [2.05, 4.69) is 40.9 Å². The monoisotopic (exact) mass is 441 g/mol. The highest BCUT2D eigenvalue weighted by molar-refractivity contribution is 6.31. The van der Waals surface area contributed by atoms with Crippen molar-refractivity contribution in [3.63, 3.8) is 0 Å².